The molecule has 2 N–H and O–H groups in total. The van der Waals surface area contributed by atoms with Crippen molar-refractivity contribution in [1.82, 2.24) is 25.1 Å². The summed E-state index contributed by atoms with van der Waals surface area (Å²) in [5.41, 5.74) is 10.0. The lowest BCUT2D eigenvalue weighted by Crippen LogP contribution is -2.43. The number of hydrogen-bond acceptors (Lipinski definition) is 4. The number of nitrogens with one attached hydrogen (secondary N) is 2. The molecule has 40 heavy (non-hydrogen) atoms. The largest absolute Gasteiger partial charge is 0.369 e. The van der Waals surface area contributed by atoms with Crippen molar-refractivity contribution < 1.29 is 8.78 Å². The van der Waals surface area contributed by atoms with E-state index in [0.29, 0.717) is 18.0 Å². The number of aryl methyl sites for hydroxylation is 1. The Morgan fingerprint density at radius 2 is 1.65 bits per heavy atom. The van der Waals surface area contributed by atoms with Crippen LogP contribution in [-0.2, 0) is 6.54 Å². The lowest BCUT2D eigenvalue weighted by Gasteiger charge is -2.29. The maximum absolute atomic E-state index is 13.8. The van der Waals surface area contributed by atoms with E-state index in [1.165, 1.54) is 41.8 Å². The molecule has 0 radical (unpaired) electrons. The summed E-state index contributed by atoms with van der Waals surface area (Å²) in [6.45, 7) is 8.34. The number of hydrogen-bond donors (Lipinski definition) is 2. The summed E-state index contributed by atoms with van der Waals surface area (Å²) in [7, 11) is 0. The Labute approximate surface area is 232 Å². The van der Waals surface area contributed by atoms with Crippen molar-refractivity contribution in [3.05, 3.63) is 89.0 Å². The van der Waals surface area contributed by atoms with Gasteiger partial charge >= 0.3 is 0 Å². The molecule has 7 rings (SSSR count). The Hall–Kier alpha value is -4.04. The number of nitrogens with zero attached hydrogens (tertiary/aromatic N) is 4. The van der Waals surface area contributed by atoms with Crippen LogP contribution in [0.5, 0.6) is 0 Å². The fourth-order valence-electron chi connectivity index (χ4n) is 6.06. The number of anilines is 1. The second-order valence-corrected chi connectivity index (χ2v) is 11.1. The van der Waals surface area contributed by atoms with E-state index in [-0.39, 0.29) is 0 Å². The molecule has 0 amide bonds. The molecular weight excluding hydrogens is 506 g/mol. The number of aromatic amines is 1. The van der Waals surface area contributed by atoms with Crippen LogP contribution in [0.25, 0.3) is 33.3 Å². The van der Waals surface area contributed by atoms with Gasteiger partial charge in [0.2, 0.25) is 0 Å². The molecule has 3 aromatic heterocycles. The van der Waals surface area contributed by atoms with Crippen LogP contribution in [0.4, 0.5) is 14.5 Å². The Morgan fingerprint density at radius 1 is 0.925 bits per heavy atom. The molecular formula is C32H32F2N6. The minimum Gasteiger partial charge on any atom is -0.369 e. The van der Waals surface area contributed by atoms with Crippen molar-refractivity contribution in [2.75, 3.05) is 31.1 Å². The molecule has 2 fully saturated rings. The van der Waals surface area contributed by atoms with Crippen LogP contribution in [-0.4, -0.2) is 45.9 Å². The number of halogens is 2. The van der Waals surface area contributed by atoms with Crippen molar-refractivity contribution in [3.63, 3.8) is 0 Å². The lowest BCUT2D eigenvalue weighted by molar-refractivity contribution is 0.573. The van der Waals surface area contributed by atoms with Gasteiger partial charge in [0.1, 0.15) is 17.3 Å². The summed E-state index contributed by atoms with van der Waals surface area (Å²) >= 11 is 0. The molecule has 0 bridgehead atoms. The third-order valence-corrected chi connectivity index (χ3v) is 8.23. The molecule has 1 aliphatic heterocycles. The Balaban J connectivity index is 1.28. The average molecular weight is 539 g/mol. The highest BCUT2D eigenvalue weighted by molar-refractivity contribution is 5.97. The fourth-order valence-corrected chi connectivity index (χ4v) is 6.06. The third kappa shape index (κ3) is 4.56. The summed E-state index contributed by atoms with van der Waals surface area (Å²) in [6.07, 6.45) is 4.35. The molecule has 0 unspecified atom stereocenters. The maximum atomic E-state index is 13.8. The molecule has 2 aromatic carbocycles. The van der Waals surface area contributed by atoms with Crippen LogP contribution in [0.3, 0.4) is 0 Å². The molecule has 5 aromatic rings. The van der Waals surface area contributed by atoms with Gasteiger partial charge in [-0.05, 0) is 68.1 Å². The first-order valence-electron chi connectivity index (χ1n) is 14.0. The van der Waals surface area contributed by atoms with Crippen molar-refractivity contribution in [2.24, 2.45) is 0 Å². The number of piperazine rings is 1. The molecule has 0 spiro atoms. The molecule has 1 saturated carbocycles. The van der Waals surface area contributed by atoms with E-state index >= 15 is 0 Å². The molecule has 2 aliphatic rings. The lowest BCUT2D eigenvalue weighted by atomic mass is 9.97. The van der Waals surface area contributed by atoms with Crippen LogP contribution in [0, 0.1) is 25.5 Å². The molecule has 204 valence electrons. The van der Waals surface area contributed by atoms with Crippen molar-refractivity contribution >= 4 is 16.7 Å². The number of fused-ring (bicyclic) bond motifs is 1. The first kappa shape index (κ1) is 25.0. The topological polar surface area (TPSA) is 61.8 Å². The number of benzene rings is 2. The summed E-state index contributed by atoms with van der Waals surface area (Å²) in [5.74, 6) is -0.671. The molecule has 8 heteroatoms. The maximum Gasteiger partial charge on any atom is 0.138 e. The van der Waals surface area contributed by atoms with Crippen molar-refractivity contribution in [1.29, 1.82) is 0 Å². The second kappa shape index (κ2) is 9.86. The van der Waals surface area contributed by atoms with Gasteiger partial charge in [-0.3, -0.25) is 4.68 Å². The van der Waals surface area contributed by atoms with E-state index in [1.54, 1.807) is 0 Å². The first-order valence-corrected chi connectivity index (χ1v) is 14.0. The normalized spacial score (nSPS) is 15.8. The van der Waals surface area contributed by atoms with Gasteiger partial charge in [0.25, 0.3) is 0 Å². The minimum atomic E-state index is -0.584. The van der Waals surface area contributed by atoms with Gasteiger partial charge in [-0.1, -0.05) is 12.1 Å². The highest BCUT2D eigenvalue weighted by Gasteiger charge is 2.29. The van der Waals surface area contributed by atoms with E-state index < -0.39 is 11.6 Å². The van der Waals surface area contributed by atoms with Crippen LogP contribution in [0.2, 0.25) is 0 Å². The van der Waals surface area contributed by atoms with Crippen molar-refractivity contribution in [2.45, 2.75) is 39.2 Å². The van der Waals surface area contributed by atoms with E-state index in [9.17, 15) is 8.78 Å². The Morgan fingerprint density at radius 3 is 2.35 bits per heavy atom. The van der Waals surface area contributed by atoms with Crippen molar-refractivity contribution in [3.8, 4) is 22.3 Å². The zero-order valence-corrected chi connectivity index (χ0v) is 22.8. The monoisotopic (exact) mass is 538 g/mol. The summed E-state index contributed by atoms with van der Waals surface area (Å²) in [6, 6.07) is 14.8. The SMILES string of the molecule is Cc1nn(Cc2cc(F)cc(F)c2)c(C)c1-c1c[nH]c2nc(C3CC3)c(-c3ccc(N4CCNCC4)cc3)cc12. The number of aromatic nitrogens is 4. The molecule has 4 heterocycles. The van der Waals surface area contributed by atoms with Crippen LogP contribution < -0.4 is 10.2 Å². The summed E-state index contributed by atoms with van der Waals surface area (Å²) in [5, 5.41) is 9.21. The van der Waals surface area contributed by atoms with E-state index in [1.807, 2.05) is 24.7 Å². The van der Waals surface area contributed by atoms with Gasteiger partial charge in [0.15, 0.2) is 0 Å². The molecule has 6 nitrogen and oxygen atoms in total. The van der Waals surface area contributed by atoms with Gasteiger partial charge < -0.3 is 15.2 Å². The summed E-state index contributed by atoms with van der Waals surface area (Å²) < 4.78 is 29.5. The standard InChI is InChI=1S/C32H32F2N6/c1-19-30(20(2)40(38-19)18-21-13-24(33)15-25(34)14-21)29-17-36-32-28(29)16-27(31(37-32)23-3-4-23)22-5-7-26(8-6-22)39-11-9-35-10-12-39/h5-8,13-17,23,35H,3-4,9-12,18H2,1-2H3,(H,36,37). The van der Waals surface area contributed by atoms with E-state index in [2.05, 4.69) is 45.5 Å². The Kier molecular flexibility index (Phi) is 6.15. The molecule has 1 aliphatic carbocycles. The first-order chi connectivity index (χ1) is 19.4. The van der Waals surface area contributed by atoms with Gasteiger partial charge in [-0.25, -0.2) is 13.8 Å². The number of pyridine rings is 1. The van der Waals surface area contributed by atoms with Crippen LogP contribution in [0.1, 0.15) is 41.4 Å². The highest BCUT2D eigenvalue weighted by Crippen LogP contribution is 2.45. The zero-order valence-electron chi connectivity index (χ0n) is 22.8. The van der Waals surface area contributed by atoms with E-state index in [4.69, 9.17) is 10.1 Å². The van der Waals surface area contributed by atoms with E-state index in [0.717, 1.165) is 71.5 Å². The zero-order chi connectivity index (χ0) is 27.4. The highest BCUT2D eigenvalue weighted by atomic mass is 19.1. The quantitative estimate of drug-likeness (QED) is 0.266. The number of H-pyrrole nitrogens is 1. The predicted molar refractivity (Wildman–Crippen MR) is 155 cm³/mol. The van der Waals surface area contributed by atoms with Gasteiger partial charge in [0, 0.05) is 77.8 Å². The van der Waals surface area contributed by atoms with Gasteiger partial charge in [-0.2, -0.15) is 5.10 Å². The fraction of sp³-hybridized carbons (Fsp3) is 0.312. The smallest absolute Gasteiger partial charge is 0.138 e. The Bertz CT molecular complexity index is 1690. The minimum absolute atomic E-state index is 0.290. The molecule has 1 saturated heterocycles. The predicted octanol–water partition coefficient (Wildman–Crippen LogP) is 6.32. The van der Waals surface area contributed by atoms with Gasteiger partial charge in [0.05, 0.1) is 17.9 Å². The molecule has 0 atom stereocenters. The third-order valence-electron chi connectivity index (χ3n) is 8.23. The van der Waals surface area contributed by atoms with Gasteiger partial charge in [-0.15, -0.1) is 0 Å². The van der Waals surface area contributed by atoms with Crippen LogP contribution in [0.15, 0.2) is 54.7 Å². The average Bonchev–Trinajstić information content (AvgIpc) is 3.67. The summed E-state index contributed by atoms with van der Waals surface area (Å²) in [4.78, 5) is 11.0. The van der Waals surface area contributed by atoms with Crippen LogP contribution >= 0.6 is 0 Å². The second-order valence-electron chi connectivity index (χ2n) is 11.1. The number of rotatable bonds is 6.